The lowest BCUT2D eigenvalue weighted by molar-refractivity contribution is 0.0570. The topological polar surface area (TPSA) is 15.3 Å². The molecule has 1 aliphatic carbocycles. The fraction of sp³-hybridized carbons (Fsp3) is 1.00. The Morgan fingerprint density at radius 2 is 1.79 bits per heavy atom. The number of hydrogen-bond donors (Lipinski definition) is 1. The highest BCUT2D eigenvalue weighted by molar-refractivity contribution is 4.91. The zero-order valence-corrected chi connectivity index (χ0v) is 13.3. The number of nitrogens with zero attached hydrogens (tertiary/aromatic N) is 1. The first-order valence-electron chi connectivity index (χ1n) is 8.71. The molecule has 0 aromatic heterocycles. The Morgan fingerprint density at radius 1 is 1.11 bits per heavy atom. The van der Waals surface area contributed by atoms with E-state index in [4.69, 9.17) is 0 Å². The van der Waals surface area contributed by atoms with Crippen molar-refractivity contribution in [1.82, 2.24) is 10.2 Å². The molecule has 1 heterocycles. The first kappa shape index (κ1) is 15.3. The third-order valence-corrected chi connectivity index (χ3v) is 5.21. The van der Waals surface area contributed by atoms with Gasteiger partial charge in [0.1, 0.15) is 0 Å². The largest absolute Gasteiger partial charge is 0.311 e. The minimum atomic E-state index is 0.705. The quantitative estimate of drug-likeness (QED) is 0.779. The maximum Gasteiger partial charge on any atom is 0.0224 e. The van der Waals surface area contributed by atoms with Gasteiger partial charge in [-0.3, -0.25) is 4.90 Å². The Labute approximate surface area is 120 Å². The second-order valence-electron chi connectivity index (χ2n) is 7.04. The smallest absolute Gasteiger partial charge is 0.0224 e. The van der Waals surface area contributed by atoms with E-state index in [9.17, 15) is 0 Å². The molecule has 0 bridgehead atoms. The van der Waals surface area contributed by atoms with E-state index >= 15 is 0 Å². The predicted molar refractivity (Wildman–Crippen MR) is 83.5 cm³/mol. The maximum atomic E-state index is 3.80. The summed E-state index contributed by atoms with van der Waals surface area (Å²) < 4.78 is 0. The van der Waals surface area contributed by atoms with E-state index < -0.39 is 0 Å². The third kappa shape index (κ3) is 4.19. The standard InChI is InChI=1S/C17H34N2/c1-4-9-16-12-18-17(14(2)3)13-19(16)15-10-7-5-6-8-11-15/h14-18H,4-13H2,1-3H3. The van der Waals surface area contributed by atoms with Crippen LogP contribution in [-0.4, -0.2) is 36.1 Å². The molecule has 2 nitrogen and oxygen atoms in total. The van der Waals surface area contributed by atoms with Crippen molar-refractivity contribution in [1.29, 1.82) is 0 Å². The first-order valence-corrected chi connectivity index (χ1v) is 8.71. The fourth-order valence-electron chi connectivity index (χ4n) is 3.93. The minimum Gasteiger partial charge on any atom is -0.311 e. The molecule has 0 amide bonds. The number of hydrogen-bond acceptors (Lipinski definition) is 2. The monoisotopic (exact) mass is 266 g/mol. The van der Waals surface area contributed by atoms with Crippen molar-refractivity contribution < 1.29 is 0 Å². The van der Waals surface area contributed by atoms with E-state index in [0.29, 0.717) is 6.04 Å². The zero-order chi connectivity index (χ0) is 13.7. The van der Waals surface area contributed by atoms with Crippen molar-refractivity contribution in [2.45, 2.75) is 90.3 Å². The molecule has 0 aromatic rings. The highest BCUT2D eigenvalue weighted by Gasteiger charge is 2.33. The lowest BCUT2D eigenvalue weighted by atomic mass is 9.94. The van der Waals surface area contributed by atoms with Crippen LogP contribution in [0, 0.1) is 5.92 Å². The number of nitrogens with one attached hydrogen (secondary N) is 1. The van der Waals surface area contributed by atoms with Crippen molar-refractivity contribution in [3.63, 3.8) is 0 Å². The van der Waals surface area contributed by atoms with Gasteiger partial charge in [-0.25, -0.2) is 0 Å². The van der Waals surface area contributed by atoms with E-state index in [0.717, 1.165) is 18.0 Å². The SMILES string of the molecule is CCCC1CNC(C(C)C)CN1C1CCCCCC1. The van der Waals surface area contributed by atoms with Crippen LogP contribution in [0.3, 0.4) is 0 Å². The molecule has 0 spiro atoms. The Bertz CT molecular complexity index is 244. The first-order chi connectivity index (χ1) is 9.22. The molecule has 2 aliphatic rings. The average molecular weight is 266 g/mol. The summed E-state index contributed by atoms with van der Waals surface area (Å²) in [5.41, 5.74) is 0. The van der Waals surface area contributed by atoms with Crippen LogP contribution in [-0.2, 0) is 0 Å². The normalized spacial score (nSPS) is 31.6. The Kier molecular flexibility index (Phi) is 6.15. The van der Waals surface area contributed by atoms with Crippen molar-refractivity contribution in [3.8, 4) is 0 Å². The molecule has 1 N–H and O–H groups in total. The minimum absolute atomic E-state index is 0.705. The molecular formula is C17H34N2. The Balaban J connectivity index is 2.00. The van der Waals surface area contributed by atoms with Crippen molar-refractivity contribution in [3.05, 3.63) is 0 Å². The summed E-state index contributed by atoms with van der Waals surface area (Å²) in [5.74, 6) is 0.760. The van der Waals surface area contributed by atoms with Crippen molar-refractivity contribution >= 4 is 0 Å². The van der Waals surface area contributed by atoms with Gasteiger partial charge in [0.25, 0.3) is 0 Å². The van der Waals surface area contributed by atoms with Gasteiger partial charge in [0, 0.05) is 31.2 Å². The fourth-order valence-corrected chi connectivity index (χ4v) is 3.93. The van der Waals surface area contributed by atoms with Gasteiger partial charge < -0.3 is 5.32 Å². The predicted octanol–water partition coefficient (Wildman–Crippen LogP) is 3.81. The Morgan fingerprint density at radius 3 is 2.37 bits per heavy atom. The molecule has 112 valence electrons. The molecule has 2 atom stereocenters. The molecule has 2 rings (SSSR count). The highest BCUT2D eigenvalue weighted by Crippen LogP contribution is 2.27. The molecule has 2 unspecified atom stereocenters. The summed E-state index contributed by atoms with van der Waals surface area (Å²) in [6.07, 6.45) is 11.4. The highest BCUT2D eigenvalue weighted by atomic mass is 15.3. The van der Waals surface area contributed by atoms with Gasteiger partial charge in [0.15, 0.2) is 0 Å². The van der Waals surface area contributed by atoms with Crippen molar-refractivity contribution in [2.24, 2.45) is 5.92 Å². The van der Waals surface area contributed by atoms with Gasteiger partial charge in [-0.05, 0) is 25.2 Å². The van der Waals surface area contributed by atoms with Crippen LogP contribution in [0.1, 0.15) is 72.1 Å². The second-order valence-corrected chi connectivity index (χ2v) is 7.04. The third-order valence-electron chi connectivity index (χ3n) is 5.21. The lowest BCUT2D eigenvalue weighted by Crippen LogP contribution is -2.60. The summed E-state index contributed by atoms with van der Waals surface area (Å²) in [5, 5.41) is 3.80. The van der Waals surface area contributed by atoms with Gasteiger partial charge in [-0.1, -0.05) is 52.9 Å². The van der Waals surface area contributed by atoms with Gasteiger partial charge in [-0.15, -0.1) is 0 Å². The van der Waals surface area contributed by atoms with Crippen molar-refractivity contribution in [2.75, 3.05) is 13.1 Å². The molecule has 1 aliphatic heterocycles. The van der Waals surface area contributed by atoms with Crippen LogP contribution in [0.25, 0.3) is 0 Å². The van der Waals surface area contributed by atoms with Crippen LogP contribution < -0.4 is 5.32 Å². The maximum absolute atomic E-state index is 3.80. The number of piperazine rings is 1. The lowest BCUT2D eigenvalue weighted by Gasteiger charge is -2.46. The zero-order valence-electron chi connectivity index (χ0n) is 13.3. The molecule has 2 fully saturated rings. The van der Waals surface area contributed by atoms with E-state index in [1.54, 1.807) is 0 Å². The van der Waals surface area contributed by atoms with Gasteiger partial charge in [0.05, 0.1) is 0 Å². The van der Waals surface area contributed by atoms with Crippen LogP contribution in [0.2, 0.25) is 0 Å². The van der Waals surface area contributed by atoms with E-state index in [1.807, 2.05) is 0 Å². The Hall–Kier alpha value is -0.0800. The molecular weight excluding hydrogens is 232 g/mol. The van der Waals surface area contributed by atoms with E-state index in [1.165, 1.54) is 64.5 Å². The van der Waals surface area contributed by atoms with E-state index in [-0.39, 0.29) is 0 Å². The van der Waals surface area contributed by atoms with Crippen LogP contribution >= 0.6 is 0 Å². The molecule has 19 heavy (non-hydrogen) atoms. The molecule has 0 radical (unpaired) electrons. The number of rotatable bonds is 4. The van der Waals surface area contributed by atoms with Crippen LogP contribution in [0.5, 0.6) is 0 Å². The average Bonchev–Trinajstić information content (AvgIpc) is 2.68. The van der Waals surface area contributed by atoms with Crippen LogP contribution in [0.15, 0.2) is 0 Å². The summed E-state index contributed by atoms with van der Waals surface area (Å²) >= 11 is 0. The van der Waals surface area contributed by atoms with Gasteiger partial charge >= 0.3 is 0 Å². The summed E-state index contributed by atoms with van der Waals surface area (Å²) in [6.45, 7) is 9.56. The molecule has 0 aromatic carbocycles. The second kappa shape index (κ2) is 7.64. The molecule has 1 saturated carbocycles. The summed E-state index contributed by atoms with van der Waals surface area (Å²) in [7, 11) is 0. The van der Waals surface area contributed by atoms with Crippen LogP contribution in [0.4, 0.5) is 0 Å². The van der Waals surface area contributed by atoms with Gasteiger partial charge in [-0.2, -0.15) is 0 Å². The summed E-state index contributed by atoms with van der Waals surface area (Å²) in [6, 6.07) is 2.38. The molecule has 1 saturated heterocycles. The molecule has 2 heteroatoms. The van der Waals surface area contributed by atoms with Gasteiger partial charge in [0.2, 0.25) is 0 Å². The summed E-state index contributed by atoms with van der Waals surface area (Å²) in [4.78, 5) is 2.90. The van der Waals surface area contributed by atoms with E-state index in [2.05, 4.69) is 31.0 Å².